The highest BCUT2D eigenvalue weighted by molar-refractivity contribution is 5.95. The van der Waals surface area contributed by atoms with Gasteiger partial charge in [-0.15, -0.1) is 0 Å². The molecule has 3 aromatic rings. The predicted molar refractivity (Wildman–Crippen MR) is 102 cm³/mol. The molecule has 1 fully saturated rings. The van der Waals surface area contributed by atoms with Crippen LogP contribution >= 0.6 is 0 Å². The molecule has 1 aliphatic rings. The van der Waals surface area contributed by atoms with Gasteiger partial charge >= 0.3 is 0 Å². The summed E-state index contributed by atoms with van der Waals surface area (Å²) in [4.78, 5) is 19.1. The maximum Gasteiger partial charge on any atom is 0.232 e. The molecule has 5 nitrogen and oxygen atoms in total. The van der Waals surface area contributed by atoms with Crippen LogP contribution in [0.4, 0.5) is 5.88 Å². The first kappa shape index (κ1) is 16.8. The van der Waals surface area contributed by atoms with Crippen molar-refractivity contribution in [2.45, 2.75) is 12.8 Å². The second kappa shape index (κ2) is 7.30. The summed E-state index contributed by atoms with van der Waals surface area (Å²) in [6.45, 7) is 1.73. The minimum Gasteiger partial charge on any atom is -0.422 e. The van der Waals surface area contributed by atoms with Crippen LogP contribution in [0.1, 0.15) is 12.0 Å². The van der Waals surface area contributed by atoms with Crippen molar-refractivity contribution >= 4 is 22.9 Å². The highest BCUT2D eigenvalue weighted by Crippen LogP contribution is 2.29. The second-order valence-corrected chi connectivity index (χ2v) is 6.93. The van der Waals surface area contributed by atoms with Crippen LogP contribution < -0.4 is 10.2 Å². The molecule has 0 bridgehead atoms. The van der Waals surface area contributed by atoms with Gasteiger partial charge in [0.15, 0.2) is 0 Å². The van der Waals surface area contributed by atoms with E-state index < -0.39 is 0 Å². The van der Waals surface area contributed by atoms with E-state index in [0.717, 1.165) is 31.3 Å². The highest BCUT2D eigenvalue weighted by Gasteiger charge is 2.34. The molecule has 0 radical (unpaired) electrons. The Hall–Kier alpha value is -2.66. The number of pyridine rings is 1. The van der Waals surface area contributed by atoms with E-state index in [2.05, 4.69) is 34.6 Å². The number of benzene rings is 1. The topological polar surface area (TPSA) is 58.4 Å². The number of carbonyl (C=O) groups is 1. The summed E-state index contributed by atoms with van der Waals surface area (Å²) < 4.78 is 5.77. The number of nitrogens with zero attached hydrogens (tertiary/aromatic N) is 2. The molecule has 1 amide bonds. The molecule has 2 atom stereocenters. The quantitative estimate of drug-likeness (QED) is 0.785. The Labute approximate surface area is 153 Å². The summed E-state index contributed by atoms with van der Waals surface area (Å²) >= 11 is 0. The Morgan fingerprint density at radius 1 is 1.27 bits per heavy atom. The van der Waals surface area contributed by atoms with Gasteiger partial charge in [0, 0.05) is 30.6 Å². The Morgan fingerprint density at radius 2 is 2.12 bits per heavy atom. The first-order valence-electron chi connectivity index (χ1n) is 9.09. The molecule has 1 aromatic carbocycles. The molecular weight excluding hydrogens is 326 g/mol. The number of fused-ring (bicyclic) bond motifs is 1. The number of piperidine rings is 1. The zero-order chi connectivity index (χ0) is 17.9. The van der Waals surface area contributed by atoms with Gasteiger partial charge in [-0.25, -0.2) is 4.98 Å². The van der Waals surface area contributed by atoms with Gasteiger partial charge in [-0.05, 0) is 49.5 Å². The van der Waals surface area contributed by atoms with E-state index in [1.165, 1.54) is 5.56 Å². The molecule has 1 aliphatic heterocycles. The van der Waals surface area contributed by atoms with Crippen molar-refractivity contribution in [3.63, 3.8) is 0 Å². The minimum atomic E-state index is -0.0115. The number of hydrogen-bond donors (Lipinski definition) is 1. The third-order valence-corrected chi connectivity index (χ3v) is 5.21. The van der Waals surface area contributed by atoms with Gasteiger partial charge in [0.25, 0.3) is 0 Å². The lowest BCUT2D eigenvalue weighted by atomic mass is 9.81. The average Bonchev–Trinajstić information content (AvgIpc) is 3.12. The Morgan fingerprint density at radius 3 is 2.92 bits per heavy atom. The van der Waals surface area contributed by atoms with E-state index in [1.54, 1.807) is 18.1 Å². The number of carbonyl (C=O) groups excluding carboxylic acids is 1. The summed E-state index contributed by atoms with van der Waals surface area (Å²) in [6.07, 6.45) is 3.44. The number of aromatic nitrogens is 1. The molecule has 5 heteroatoms. The first-order chi connectivity index (χ1) is 12.7. The van der Waals surface area contributed by atoms with E-state index >= 15 is 0 Å². The van der Waals surface area contributed by atoms with Gasteiger partial charge in [0.2, 0.25) is 17.5 Å². The monoisotopic (exact) mass is 349 g/mol. The minimum absolute atomic E-state index is 0.0115. The predicted octanol–water partition coefficient (Wildman–Crippen LogP) is 3.26. The second-order valence-electron chi connectivity index (χ2n) is 6.93. The lowest BCUT2D eigenvalue weighted by Gasteiger charge is -2.33. The van der Waals surface area contributed by atoms with Gasteiger partial charge in [0.05, 0.1) is 0 Å². The molecule has 1 saturated heterocycles. The molecule has 0 aliphatic carbocycles. The van der Waals surface area contributed by atoms with Crippen molar-refractivity contribution in [1.29, 1.82) is 0 Å². The molecule has 3 heterocycles. The fourth-order valence-electron chi connectivity index (χ4n) is 3.76. The summed E-state index contributed by atoms with van der Waals surface area (Å²) in [6, 6.07) is 16.1. The third-order valence-electron chi connectivity index (χ3n) is 5.21. The fraction of sp³-hybridized carbons (Fsp3) is 0.333. The van der Waals surface area contributed by atoms with Gasteiger partial charge in [-0.3, -0.25) is 9.69 Å². The van der Waals surface area contributed by atoms with Crippen molar-refractivity contribution in [2.24, 2.45) is 11.8 Å². The van der Waals surface area contributed by atoms with Crippen LogP contribution in [0.2, 0.25) is 0 Å². The summed E-state index contributed by atoms with van der Waals surface area (Å²) in [5.41, 5.74) is 1.84. The van der Waals surface area contributed by atoms with Crippen LogP contribution in [0.5, 0.6) is 0 Å². The molecule has 26 heavy (non-hydrogen) atoms. The van der Waals surface area contributed by atoms with Crippen LogP contribution in [-0.4, -0.2) is 31.0 Å². The third kappa shape index (κ3) is 3.35. The summed E-state index contributed by atoms with van der Waals surface area (Å²) in [7, 11) is 1.79. The average molecular weight is 349 g/mol. The molecule has 134 valence electrons. The number of amides is 1. The van der Waals surface area contributed by atoms with Gasteiger partial charge in [0.1, 0.15) is 0 Å². The molecule has 0 spiro atoms. The van der Waals surface area contributed by atoms with Crippen molar-refractivity contribution in [3.8, 4) is 0 Å². The van der Waals surface area contributed by atoms with Crippen molar-refractivity contribution < 1.29 is 9.21 Å². The first-order valence-corrected chi connectivity index (χ1v) is 9.09. The number of anilines is 1. The summed E-state index contributed by atoms with van der Waals surface area (Å²) in [5.74, 6) is 0.943. The molecule has 2 unspecified atom stereocenters. The largest absolute Gasteiger partial charge is 0.422 e. The van der Waals surface area contributed by atoms with E-state index in [9.17, 15) is 4.79 Å². The van der Waals surface area contributed by atoms with Gasteiger partial charge < -0.3 is 9.73 Å². The lowest BCUT2D eigenvalue weighted by Crippen LogP contribution is -2.45. The number of nitrogens with one attached hydrogen (secondary N) is 1. The summed E-state index contributed by atoms with van der Waals surface area (Å²) in [5, 5.41) is 4.35. The Bertz CT molecular complexity index is 857. The Kier molecular flexibility index (Phi) is 4.71. The zero-order valence-electron chi connectivity index (χ0n) is 14.9. The van der Waals surface area contributed by atoms with E-state index in [-0.39, 0.29) is 17.7 Å². The maximum absolute atomic E-state index is 13.2. The molecular formula is C21H23N3O2. The van der Waals surface area contributed by atoms with Crippen molar-refractivity contribution in [2.75, 3.05) is 25.0 Å². The highest BCUT2D eigenvalue weighted by atomic mass is 16.4. The Balaban J connectivity index is 1.54. The number of rotatable bonds is 4. The SMILES string of the molecule is CN(C(=O)C1CCNCC1Cc1ccccc1)c1cc2cccnc2o1. The number of furan rings is 1. The lowest BCUT2D eigenvalue weighted by molar-refractivity contribution is -0.124. The van der Waals surface area contributed by atoms with Crippen LogP contribution in [0.25, 0.3) is 11.1 Å². The normalized spacial score (nSPS) is 20.2. The molecule has 4 rings (SSSR count). The van der Waals surface area contributed by atoms with Crippen molar-refractivity contribution in [3.05, 3.63) is 60.3 Å². The van der Waals surface area contributed by atoms with Crippen molar-refractivity contribution in [1.82, 2.24) is 10.3 Å². The van der Waals surface area contributed by atoms with Gasteiger partial charge in [-0.2, -0.15) is 0 Å². The van der Waals surface area contributed by atoms with E-state index in [4.69, 9.17) is 4.42 Å². The van der Waals surface area contributed by atoms with E-state index in [0.29, 0.717) is 11.6 Å². The zero-order valence-corrected chi connectivity index (χ0v) is 14.9. The smallest absolute Gasteiger partial charge is 0.232 e. The maximum atomic E-state index is 13.2. The number of hydrogen-bond acceptors (Lipinski definition) is 4. The molecule has 1 N–H and O–H groups in total. The molecule has 0 saturated carbocycles. The standard InChI is InChI=1S/C21H23N3O2/c1-24(19-13-16-8-5-10-23-20(16)26-19)21(25)18-9-11-22-14-17(18)12-15-6-3-2-4-7-15/h2-8,10,13,17-18,22H,9,11-12,14H2,1H3. The van der Waals surface area contributed by atoms with Crippen LogP contribution in [0.15, 0.2) is 59.1 Å². The fourth-order valence-corrected chi connectivity index (χ4v) is 3.76. The van der Waals surface area contributed by atoms with Crippen LogP contribution in [0, 0.1) is 11.8 Å². The van der Waals surface area contributed by atoms with Crippen LogP contribution in [0.3, 0.4) is 0 Å². The van der Waals surface area contributed by atoms with E-state index in [1.807, 2.05) is 24.3 Å². The van der Waals surface area contributed by atoms with Crippen LogP contribution in [-0.2, 0) is 11.2 Å². The molecule has 2 aromatic heterocycles. The van der Waals surface area contributed by atoms with Gasteiger partial charge in [-0.1, -0.05) is 30.3 Å².